The minimum atomic E-state index is 0. The van der Waals surface area contributed by atoms with Gasteiger partial charge in [0.05, 0.1) is 14.2 Å². The largest absolute Gasteiger partial charge is 0.497 e. The molecule has 170 valence electrons. The number of anilines is 1. The molecule has 0 spiro atoms. The summed E-state index contributed by atoms with van der Waals surface area (Å²) in [5.74, 6) is 3.35. The van der Waals surface area contributed by atoms with Crippen LogP contribution in [0.25, 0.3) is 0 Å². The molecule has 2 aliphatic heterocycles. The second kappa shape index (κ2) is 12.4. The number of ether oxygens (including phenoxy) is 2. The van der Waals surface area contributed by atoms with E-state index in [1.165, 1.54) is 25.9 Å². The average molecular weight is 531 g/mol. The number of hydrogen-bond acceptors (Lipinski definition) is 5. The molecule has 2 fully saturated rings. The van der Waals surface area contributed by atoms with Crippen LogP contribution in [-0.2, 0) is 0 Å². The summed E-state index contributed by atoms with van der Waals surface area (Å²) in [5, 5.41) is 7.07. The van der Waals surface area contributed by atoms with Crippen LogP contribution >= 0.6 is 24.0 Å². The standard InChI is InChI=1S/C22H37N5O2.HI/c1-17-6-5-9-26(15-17)11-8-24-22(23-2)25-18-7-10-27(16-18)19-12-20(28-3)14-21(13-19)29-4;/h12-14,17-18H,5-11,15-16H2,1-4H3,(H2,23,24,25);1H. The molecule has 8 heteroatoms. The van der Waals surface area contributed by atoms with E-state index in [0.717, 1.165) is 61.7 Å². The van der Waals surface area contributed by atoms with Gasteiger partial charge in [0.2, 0.25) is 0 Å². The zero-order chi connectivity index (χ0) is 20.6. The number of likely N-dealkylation sites (tertiary alicyclic amines) is 1. The molecule has 0 amide bonds. The molecule has 2 atom stereocenters. The third-order valence-electron chi connectivity index (χ3n) is 5.92. The minimum absolute atomic E-state index is 0. The first kappa shape index (κ1) is 24.8. The van der Waals surface area contributed by atoms with Crippen LogP contribution in [0.4, 0.5) is 5.69 Å². The molecule has 1 aromatic carbocycles. The number of aliphatic imine (C=N–C) groups is 1. The SMILES string of the molecule is CN=C(NCCN1CCCC(C)C1)NC1CCN(c2cc(OC)cc(OC)c2)C1.I. The highest BCUT2D eigenvalue weighted by Gasteiger charge is 2.24. The maximum absolute atomic E-state index is 5.41. The molecular weight excluding hydrogens is 493 g/mol. The Balaban J connectivity index is 0.00000320. The maximum Gasteiger partial charge on any atom is 0.191 e. The van der Waals surface area contributed by atoms with Crippen molar-refractivity contribution in [2.75, 3.05) is 65.4 Å². The predicted octanol–water partition coefficient (Wildman–Crippen LogP) is 2.80. The van der Waals surface area contributed by atoms with Crippen molar-refractivity contribution >= 4 is 35.6 Å². The Kier molecular flexibility index (Phi) is 10.3. The van der Waals surface area contributed by atoms with E-state index < -0.39 is 0 Å². The predicted molar refractivity (Wildman–Crippen MR) is 135 cm³/mol. The fourth-order valence-corrected chi connectivity index (χ4v) is 4.30. The van der Waals surface area contributed by atoms with Gasteiger partial charge in [0, 0.05) is 69.7 Å². The lowest BCUT2D eigenvalue weighted by molar-refractivity contribution is 0.187. The number of benzene rings is 1. The Labute approximate surface area is 198 Å². The van der Waals surface area contributed by atoms with Crippen molar-refractivity contribution in [2.24, 2.45) is 10.9 Å². The molecule has 0 aromatic heterocycles. The molecular formula is C22H38IN5O2. The molecule has 2 heterocycles. The van der Waals surface area contributed by atoms with Gasteiger partial charge in [0.15, 0.2) is 5.96 Å². The number of piperidine rings is 1. The molecule has 2 saturated heterocycles. The lowest BCUT2D eigenvalue weighted by Gasteiger charge is -2.31. The lowest BCUT2D eigenvalue weighted by Crippen LogP contribution is -2.47. The summed E-state index contributed by atoms with van der Waals surface area (Å²) in [6.07, 6.45) is 3.76. The van der Waals surface area contributed by atoms with E-state index in [4.69, 9.17) is 9.47 Å². The number of halogens is 1. The third-order valence-corrected chi connectivity index (χ3v) is 5.92. The average Bonchev–Trinajstić information content (AvgIpc) is 3.21. The molecule has 0 saturated carbocycles. The summed E-state index contributed by atoms with van der Waals surface area (Å²) in [6, 6.07) is 6.41. The Morgan fingerprint density at radius 3 is 2.47 bits per heavy atom. The monoisotopic (exact) mass is 531 g/mol. The van der Waals surface area contributed by atoms with E-state index in [1.807, 2.05) is 13.1 Å². The van der Waals surface area contributed by atoms with Gasteiger partial charge in [-0.2, -0.15) is 0 Å². The van der Waals surface area contributed by atoms with Crippen LogP contribution in [0.1, 0.15) is 26.2 Å². The Hall–Kier alpha value is -1.42. The number of nitrogens with zero attached hydrogens (tertiary/aromatic N) is 3. The maximum atomic E-state index is 5.41. The van der Waals surface area contributed by atoms with Crippen molar-refractivity contribution in [3.8, 4) is 11.5 Å². The molecule has 0 aliphatic carbocycles. The van der Waals surface area contributed by atoms with Gasteiger partial charge < -0.3 is 29.9 Å². The van der Waals surface area contributed by atoms with Crippen LogP contribution in [-0.4, -0.2) is 77.4 Å². The van der Waals surface area contributed by atoms with Crippen molar-refractivity contribution in [2.45, 2.75) is 32.2 Å². The van der Waals surface area contributed by atoms with Gasteiger partial charge in [0.1, 0.15) is 11.5 Å². The Morgan fingerprint density at radius 1 is 1.10 bits per heavy atom. The van der Waals surface area contributed by atoms with Crippen molar-refractivity contribution in [1.82, 2.24) is 15.5 Å². The molecule has 1 aromatic rings. The van der Waals surface area contributed by atoms with Gasteiger partial charge in [-0.1, -0.05) is 6.92 Å². The fourth-order valence-electron chi connectivity index (χ4n) is 4.30. The Morgan fingerprint density at radius 2 is 1.83 bits per heavy atom. The number of hydrogen-bond donors (Lipinski definition) is 2. The molecule has 2 aliphatic rings. The van der Waals surface area contributed by atoms with E-state index >= 15 is 0 Å². The number of nitrogens with one attached hydrogen (secondary N) is 2. The zero-order valence-corrected chi connectivity index (χ0v) is 21.1. The number of rotatable bonds is 7. The third kappa shape index (κ3) is 7.08. The summed E-state index contributed by atoms with van der Waals surface area (Å²) < 4.78 is 10.8. The van der Waals surface area contributed by atoms with Crippen molar-refractivity contribution in [1.29, 1.82) is 0 Å². The van der Waals surface area contributed by atoms with Gasteiger partial charge in [0.25, 0.3) is 0 Å². The first-order valence-electron chi connectivity index (χ1n) is 10.8. The minimum Gasteiger partial charge on any atom is -0.497 e. The quantitative estimate of drug-likeness (QED) is 0.321. The highest BCUT2D eigenvalue weighted by Crippen LogP contribution is 2.30. The summed E-state index contributed by atoms with van der Waals surface area (Å²) in [6.45, 7) is 8.72. The van der Waals surface area contributed by atoms with Crippen LogP contribution in [0.2, 0.25) is 0 Å². The van der Waals surface area contributed by atoms with E-state index in [-0.39, 0.29) is 24.0 Å². The molecule has 2 unspecified atom stereocenters. The smallest absolute Gasteiger partial charge is 0.191 e. The van der Waals surface area contributed by atoms with Crippen LogP contribution in [0.3, 0.4) is 0 Å². The second-order valence-corrected chi connectivity index (χ2v) is 8.19. The summed E-state index contributed by atoms with van der Waals surface area (Å²) in [4.78, 5) is 9.34. The zero-order valence-electron chi connectivity index (χ0n) is 18.8. The molecule has 0 radical (unpaired) electrons. The summed E-state index contributed by atoms with van der Waals surface area (Å²) in [7, 11) is 5.22. The summed E-state index contributed by atoms with van der Waals surface area (Å²) >= 11 is 0. The van der Waals surface area contributed by atoms with E-state index in [0.29, 0.717) is 6.04 Å². The molecule has 30 heavy (non-hydrogen) atoms. The normalized spacial score (nSPS) is 22.4. The topological polar surface area (TPSA) is 61.4 Å². The molecule has 3 rings (SSSR count). The van der Waals surface area contributed by atoms with Crippen molar-refractivity contribution < 1.29 is 9.47 Å². The molecule has 0 bridgehead atoms. The van der Waals surface area contributed by atoms with Crippen LogP contribution < -0.4 is 25.0 Å². The Bertz CT molecular complexity index is 665. The lowest BCUT2D eigenvalue weighted by atomic mass is 10.0. The van der Waals surface area contributed by atoms with Gasteiger partial charge in [-0.15, -0.1) is 24.0 Å². The van der Waals surface area contributed by atoms with Crippen LogP contribution in [0.15, 0.2) is 23.2 Å². The molecule has 2 N–H and O–H groups in total. The van der Waals surface area contributed by atoms with Crippen molar-refractivity contribution in [3.05, 3.63) is 18.2 Å². The fraction of sp³-hybridized carbons (Fsp3) is 0.682. The van der Waals surface area contributed by atoms with Crippen LogP contribution in [0.5, 0.6) is 11.5 Å². The summed E-state index contributed by atoms with van der Waals surface area (Å²) in [5.41, 5.74) is 1.13. The van der Waals surface area contributed by atoms with Gasteiger partial charge in [-0.3, -0.25) is 4.99 Å². The van der Waals surface area contributed by atoms with Crippen LogP contribution in [0, 0.1) is 5.92 Å². The highest BCUT2D eigenvalue weighted by molar-refractivity contribution is 14.0. The van der Waals surface area contributed by atoms with Gasteiger partial charge >= 0.3 is 0 Å². The molecule has 7 nitrogen and oxygen atoms in total. The van der Waals surface area contributed by atoms with Crippen molar-refractivity contribution in [3.63, 3.8) is 0 Å². The first-order chi connectivity index (χ1) is 14.1. The van der Waals surface area contributed by atoms with E-state index in [9.17, 15) is 0 Å². The van der Waals surface area contributed by atoms with E-state index in [2.05, 4.69) is 44.5 Å². The number of methoxy groups -OCH3 is 2. The van der Waals surface area contributed by atoms with E-state index in [1.54, 1.807) is 14.2 Å². The van der Waals surface area contributed by atoms with Gasteiger partial charge in [-0.05, 0) is 31.7 Å². The van der Waals surface area contributed by atoms with Gasteiger partial charge in [-0.25, -0.2) is 0 Å². The first-order valence-corrected chi connectivity index (χ1v) is 10.8. The highest BCUT2D eigenvalue weighted by atomic mass is 127. The number of guanidine groups is 1. The second-order valence-electron chi connectivity index (χ2n) is 8.19.